The van der Waals surface area contributed by atoms with Gasteiger partial charge in [0.25, 0.3) is 5.91 Å². The number of carbonyl (C=O) groups excluding carboxylic acids is 1. The summed E-state index contributed by atoms with van der Waals surface area (Å²) in [6, 6.07) is 8.38. The molecule has 0 aromatic heterocycles. The molecule has 0 aliphatic carbocycles. The number of hydrogen-bond donors (Lipinski definition) is 1. The van der Waals surface area contributed by atoms with E-state index in [4.69, 9.17) is 21.1 Å². The first-order chi connectivity index (χ1) is 13.7. The van der Waals surface area contributed by atoms with Crippen LogP contribution in [0.1, 0.15) is 5.56 Å². The molecular weight excluding hydrogens is 425 g/mol. The van der Waals surface area contributed by atoms with Crippen molar-refractivity contribution in [1.82, 2.24) is 9.73 Å². The molecule has 0 aliphatic rings. The van der Waals surface area contributed by atoms with E-state index in [1.807, 2.05) is 0 Å². The number of rotatable bonds is 8. The number of amides is 1. The molecule has 2 aromatic carbocycles. The van der Waals surface area contributed by atoms with Crippen LogP contribution in [0.3, 0.4) is 0 Å². The van der Waals surface area contributed by atoms with Gasteiger partial charge in [-0.15, -0.1) is 0 Å². The fourth-order valence-electron chi connectivity index (χ4n) is 2.28. The highest BCUT2D eigenvalue weighted by Gasteiger charge is 2.27. The normalized spacial score (nSPS) is 11.7. The topological polar surface area (TPSA) is 97.3 Å². The van der Waals surface area contributed by atoms with E-state index < -0.39 is 28.3 Å². The number of benzene rings is 2. The number of nitrogens with zero attached hydrogens (tertiary/aromatic N) is 2. The molecule has 0 bridgehead atoms. The summed E-state index contributed by atoms with van der Waals surface area (Å²) in [5.41, 5.74) is 2.13. The van der Waals surface area contributed by atoms with Gasteiger partial charge in [0.1, 0.15) is 22.2 Å². The van der Waals surface area contributed by atoms with Crippen LogP contribution < -0.4 is 14.9 Å². The molecule has 0 aliphatic heterocycles. The standard InChI is InChI=1S/C18H19ClFN3O5S/c1-23(29(25,26)17-9-12(27-2)7-8-16(17)28-3)11-18(24)22-21-10-13-14(19)5-4-6-15(13)20/h4-10H,11H2,1-3H3,(H,22,24)/b21-10+. The average molecular weight is 444 g/mol. The maximum atomic E-state index is 13.7. The largest absolute Gasteiger partial charge is 0.497 e. The third kappa shape index (κ3) is 5.43. The van der Waals surface area contributed by atoms with Gasteiger partial charge in [-0.05, 0) is 24.3 Å². The van der Waals surface area contributed by atoms with Crippen LogP contribution in [-0.4, -0.2) is 52.7 Å². The number of methoxy groups -OCH3 is 2. The average Bonchev–Trinajstić information content (AvgIpc) is 2.69. The molecule has 0 radical (unpaired) electrons. The lowest BCUT2D eigenvalue weighted by molar-refractivity contribution is -0.121. The van der Waals surface area contributed by atoms with E-state index in [1.165, 1.54) is 51.6 Å². The summed E-state index contributed by atoms with van der Waals surface area (Å²) in [5.74, 6) is -0.930. The molecule has 29 heavy (non-hydrogen) atoms. The van der Waals surface area contributed by atoms with Crippen molar-refractivity contribution in [3.05, 3.63) is 52.8 Å². The molecular formula is C18H19ClFN3O5S. The molecule has 0 fully saturated rings. The monoisotopic (exact) mass is 443 g/mol. The van der Waals surface area contributed by atoms with E-state index in [-0.39, 0.29) is 21.2 Å². The Balaban J connectivity index is 2.12. The predicted octanol–water partition coefficient (Wildman–Crippen LogP) is 2.27. The second-order valence-corrected chi connectivity index (χ2v) is 8.13. The summed E-state index contributed by atoms with van der Waals surface area (Å²) in [5, 5.41) is 3.74. The molecule has 8 nitrogen and oxygen atoms in total. The van der Waals surface area contributed by atoms with Crippen LogP contribution in [0, 0.1) is 5.82 Å². The van der Waals surface area contributed by atoms with Crippen molar-refractivity contribution < 1.29 is 27.1 Å². The molecule has 1 amide bonds. The molecule has 0 saturated carbocycles. The zero-order valence-corrected chi connectivity index (χ0v) is 17.4. The fraction of sp³-hybridized carbons (Fsp3) is 0.222. The second kappa shape index (κ2) is 9.68. The maximum absolute atomic E-state index is 13.7. The number of hydrogen-bond acceptors (Lipinski definition) is 6. The first kappa shape index (κ1) is 22.6. The van der Waals surface area contributed by atoms with E-state index in [2.05, 4.69) is 10.5 Å². The third-order valence-electron chi connectivity index (χ3n) is 3.81. The number of ether oxygens (including phenoxy) is 2. The molecule has 0 saturated heterocycles. The summed E-state index contributed by atoms with van der Waals surface area (Å²) in [6.07, 6.45) is 1.04. The summed E-state index contributed by atoms with van der Waals surface area (Å²) in [7, 11) is -0.111. The highest BCUT2D eigenvalue weighted by Crippen LogP contribution is 2.30. The predicted molar refractivity (Wildman–Crippen MR) is 107 cm³/mol. The lowest BCUT2D eigenvalue weighted by atomic mass is 10.2. The number of halogens is 2. The zero-order chi connectivity index (χ0) is 21.6. The Hall–Kier alpha value is -2.69. The van der Waals surface area contributed by atoms with E-state index in [1.54, 1.807) is 6.07 Å². The summed E-state index contributed by atoms with van der Waals surface area (Å²) < 4.78 is 50.2. The zero-order valence-electron chi connectivity index (χ0n) is 15.8. The smallest absolute Gasteiger partial charge is 0.255 e. The number of hydrazone groups is 1. The summed E-state index contributed by atoms with van der Waals surface area (Å²) in [6.45, 7) is -0.537. The van der Waals surface area contributed by atoms with Crippen LogP contribution in [0.4, 0.5) is 4.39 Å². The van der Waals surface area contributed by atoms with Crippen molar-refractivity contribution in [2.75, 3.05) is 27.8 Å². The molecule has 0 atom stereocenters. The van der Waals surface area contributed by atoms with Crippen LogP contribution in [0.2, 0.25) is 5.02 Å². The van der Waals surface area contributed by atoms with E-state index in [0.29, 0.717) is 5.75 Å². The van der Waals surface area contributed by atoms with Crippen LogP contribution >= 0.6 is 11.6 Å². The first-order valence-corrected chi connectivity index (χ1v) is 9.96. The molecule has 1 N–H and O–H groups in total. The van der Waals surface area contributed by atoms with Crippen molar-refractivity contribution in [3.8, 4) is 11.5 Å². The number of likely N-dealkylation sites (N-methyl/N-ethyl adjacent to an activating group) is 1. The number of sulfonamides is 1. The van der Waals surface area contributed by atoms with Crippen LogP contribution in [0.25, 0.3) is 0 Å². The van der Waals surface area contributed by atoms with Gasteiger partial charge in [0, 0.05) is 18.7 Å². The molecule has 156 valence electrons. The number of carbonyl (C=O) groups is 1. The quantitative estimate of drug-likeness (QED) is 0.498. The van der Waals surface area contributed by atoms with Gasteiger partial charge in [-0.2, -0.15) is 9.41 Å². The Morgan fingerprint density at radius 2 is 2.00 bits per heavy atom. The Bertz CT molecular complexity index is 1010. The van der Waals surface area contributed by atoms with Gasteiger partial charge in [-0.1, -0.05) is 17.7 Å². The second-order valence-electron chi connectivity index (χ2n) is 5.71. The molecule has 0 unspecified atom stereocenters. The van der Waals surface area contributed by atoms with E-state index >= 15 is 0 Å². The van der Waals surface area contributed by atoms with Gasteiger partial charge in [-0.25, -0.2) is 18.2 Å². The molecule has 2 rings (SSSR count). The van der Waals surface area contributed by atoms with Gasteiger partial charge >= 0.3 is 0 Å². The van der Waals surface area contributed by atoms with Gasteiger partial charge in [-0.3, -0.25) is 4.79 Å². The molecule has 0 heterocycles. The minimum atomic E-state index is -4.07. The van der Waals surface area contributed by atoms with E-state index in [9.17, 15) is 17.6 Å². The Morgan fingerprint density at radius 1 is 1.28 bits per heavy atom. The lowest BCUT2D eigenvalue weighted by Crippen LogP contribution is -2.36. The first-order valence-electron chi connectivity index (χ1n) is 8.15. The Morgan fingerprint density at radius 3 is 2.62 bits per heavy atom. The number of nitrogens with one attached hydrogen (secondary N) is 1. The lowest BCUT2D eigenvalue weighted by Gasteiger charge is -2.18. The van der Waals surface area contributed by atoms with Crippen molar-refractivity contribution in [2.24, 2.45) is 5.10 Å². The van der Waals surface area contributed by atoms with Gasteiger partial charge in [0.05, 0.1) is 32.0 Å². The van der Waals surface area contributed by atoms with Gasteiger partial charge in [0.15, 0.2) is 0 Å². The highest BCUT2D eigenvalue weighted by molar-refractivity contribution is 7.89. The van der Waals surface area contributed by atoms with Crippen molar-refractivity contribution in [1.29, 1.82) is 0 Å². The van der Waals surface area contributed by atoms with Crippen molar-refractivity contribution >= 4 is 33.7 Å². The van der Waals surface area contributed by atoms with Crippen LogP contribution in [0.5, 0.6) is 11.5 Å². The summed E-state index contributed by atoms with van der Waals surface area (Å²) in [4.78, 5) is 11.9. The van der Waals surface area contributed by atoms with Crippen LogP contribution in [-0.2, 0) is 14.8 Å². The molecule has 11 heteroatoms. The van der Waals surface area contributed by atoms with Crippen molar-refractivity contribution in [2.45, 2.75) is 4.90 Å². The van der Waals surface area contributed by atoms with Crippen LogP contribution in [0.15, 0.2) is 46.4 Å². The summed E-state index contributed by atoms with van der Waals surface area (Å²) >= 11 is 5.86. The maximum Gasteiger partial charge on any atom is 0.255 e. The fourth-order valence-corrected chi connectivity index (χ4v) is 3.78. The SMILES string of the molecule is COc1ccc(OC)c(S(=O)(=O)N(C)CC(=O)N/N=C/c2c(F)cccc2Cl)c1. The third-order valence-corrected chi connectivity index (χ3v) is 5.96. The minimum absolute atomic E-state index is 0.00319. The van der Waals surface area contributed by atoms with E-state index in [0.717, 1.165) is 10.5 Å². The molecule has 0 spiro atoms. The van der Waals surface area contributed by atoms with Gasteiger partial charge < -0.3 is 9.47 Å². The highest BCUT2D eigenvalue weighted by atomic mass is 35.5. The van der Waals surface area contributed by atoms with Gasteiger partial charge in [0.2, 0.25) is 10.0 Å². The Labute approximate surface area is 172 Å². The minimum Gasteiger partial charge on any atom is -0.497 e. The molecule has 2 aromatic rings. The van der Waals surface area contributed by atoms with Crippen molar-refractivity contribution in [3.63, 3.8) is 0 Å². The Kier molecular flexibility index (Phi) is 7.54.